The fraction of sp³-hybridized carbons (Fsp3) is 0.667. The second kappa shape index (κ2) is 6.81. The Morgan fingerprint density at radius 2 is 2.00 bits per heavy atom. The van der Waals surface area contributed by atoms with E-state index in [0.717, 1.165) is 0 Å². The predicted octanol–water partition coefficient (Wildman–Crippen LogP) is -0.0304. The zero-order valence-electron chi connectivity index (χ0n) is 10.1. The summed E-state index contributed by atoms with van der Waals surface area (Å²) in [6.07, 6.45) is -0.173. The van der Waals surface area contributed by atoms with Gasteiger partial charge in [-0.25, -0.2) is 5.84 Å². The summed E-state index contributed by atoms with van der Waals surface area (Å²) >= 11 is 0. The Kier molecular flexibility index (Phi) is 5.37. The average molecular weight is 243 g/mol. The molecule has 1 aromatic rings. The second-order valence-corrected chi connectivity index (χ2v) is 3.16. The largest absolute Gasteiger partial charge is 0.467 e. The Balaban J connectivity index is 2.68. The van der Waals surface area contributed by atoms with Gasteiger partial charge in [-0.15, -0.1) is 4.98 Å². The number of anilines is 1. The van der Waals surface area contributed by atoms with Gasteiger partial charge in [-0.05, 0) is 13.8 Å². The van der Waals surface area contributed by atoms with Gasteiger partial charge in [0, 0.05) is 6.61 Å². The molecule has 0 aliphatic carbocycles. The number of rotatable bonds is 7. The number of nitrogens with two attached hydrogens (primary N) is 1. The molecule has 0 radical (unpaired) electrons. The van der Waals surface area contributed by atoms with Crippen molar-refractivity contribution in [1.29, 1.82) is 0 Å². The monoisotopic (exact) mass is 243 g/mol. The van der Waals surface area contributed by atoms with Crippen molar-refractivity contribution in [1.82, 2.24) is 15.0 Å². The summed E-state index contributed by atoms with van der Waals surface area (Å²) in [6, 6.07) is 0.267. The van der Waals surface area contributed by atoms with Gasteiger partial charge in [0.05, 0.1) is 13.7 Å². The van der Waals surface area contributed by atoms with Crippen LogP contribution >= 0.6 is 0 Å². The summed E-state index contributed by atoms with van der Waals surface area (Å²) in [5.41, 5.74) is 2.31. The molecule has 17 heavy (non-hydrogen) atoms. The SMILES string of the molecule is CCOCC(C)Oc1nc(NN)nc(OC)n1. The Hall–Kier alpha value is -1.67. The van der Waals surface area contributed by atoms with Crippen LogP contribution in [0.3, 0.4) is 0 Å². The fourth-order valence-electron chi connectivity index (χ4n) is 1.04. The standard InChI is InChI=1S/C9H17N5O3/c1-4-16-5-6(2)17-9-12-7(14-10)11-8(13-9)15-3/h6H,4-5,10H2,1-3H3,(H,11,12,13,14). The van der Waals surface area contributed by atoms with Crippen LogP contribution in [0.4, 0.5) is 5.95 Å². The van der Waals surface area contributed by atoms with E-state index >= 15 is 0 Å². The molecule has 96 valence electrons. The Morgan fingerprint density at radius 3 is 2.59 bits per heavy atom. The van der Waals surface area contributed by atoms with E-state index in [1.54, 1.807) is 0 Å². The third-order valence-electron chi connectivity index (χ3n) is 1.77. The van der Waals surface area contributed by atoms with E-state index in [-0.39, 0.29) is 24.1 Å². The molecule has 0 saturated carbocycles. The van der Waals surface area contributed by atoms with E-state index in [1.807, 2.05) is 13.8 Å². The highest BCUT2D eigenvalue weighted by Crippen LogP contribution is 2.12. The number of hydrogen-bond acceptors (Lipinski definition) is 8. The molecule has 1 unspecified atom stereocenters. The maximum atomic E-state index is 5.44. The lowest BCUT2D eigenvalue weighted by molar-refractivity contribution is 0.0602. The van der Waals surface area contributed by atoms with Crippen LogP contribution in [0.1, 0.15) is 13.8 Å². The van der Waals surface area contributed by atoms with Crippen LogP contribution in [0, 0.1) is 0 Å². The van der Waals surface area contributed by atoms with Crippen molar-refractivity contribution in [3.05, 3.63) is 0 Å². The summed E-state index contributed by atoms with van der Waals surface area (Å²) in [4.78, 5) is 11.7. The van der Waals surface area contributed by atoms with Crippen molar-refractivity contribution in [2.45, 2.75) is 20.0 Å². The van der Waals surface area contributed by atoms with Crippen molar-refractivity contribution >= 4 is 5.95 Å². The third-order valence-corrected chi connectivity index (χ3v) is 1.77. The Labute approximate surface area is 99.5 Å². The smallest absolute Gasteiger partial charge is 0.324 e. The average Bonchev–Trinajstić information content (AvgIpc) is 2.35. The zero-order valence-corrected chi connectivity index (χ0v) is 10.1. The lowest BCUT2D eigenvalue weighted by Gasteiger charge is -2.13. The lowest BCUT2D eigenvalue weighted by Crippen LogP contribution is -2.21. The van der Waals surface area contributed by atoms with Crippen LogP contribution in [0.25, 0.3) is 0 Å². The molecule has 0 aliphatic heterocycles. The molecule has 0 saturated heterocycles. The minimum Gasteiger partial charge on any atom is -0.467 e. The number of nitrogens with one attached hydrogen (secondary N) is 1. The van der Waals surface area contributed by atoms with Gasteiger partial charge < -0.3 is 14.2 Å². The molecule has 1 rings (SSSR count). The molecule has 1 heterocycles. The molecule has 0 aliphatic rings. The van der Waals surface area contributed by atoms with Gasteiger partial charge in [-0.3, -0.25) is 5.43 Å². The van der Waals surface area contributed by atoms with Crippen LogP contribution in [-0.4, -0.2) is 41.4 Å². The Bertz CT molecular complexity index is 327. The number of nitrogens with zero attached hydrogens (tertiary/aromatic N) is 3. The third kappa shape index (κ3) is 4.37. The summed E-state index contributed by atoms with van der Waals surface area (Å²) < 4.78 is 15.5. The van der Waals surface area contributed by atoms with Crippen molar-refractivity contribution in [2.24, 2.45) is 5.84 Å². The number of nitrogen functional groups attached to an aromatic ring is 1. The van der Waals surface area contributed by atoms with E-state index in [9.17, 15) is 0 Å². The van der Waals surface area contributed by atoms with Crippen LogP contribution in [0.2, 0.25) is 0 Å². The molecule has 0 amide bonds. The van der Waals surface area contributed by atoms with Gasteiger partial charge in [0.15, 0.2) is 0 Å². The van der Waals surface area contributed by atoms with Gasteiger partial charge in [0.2, 0.25) is 5.95 Å². The minimum atomic E-state index is -0.173. The van der Waals surface area contributed by atoms with Gasteiger partial charge in [-0.2, -0.15) is 9.97 Å². The zero-order chi connectivity index (χ0) is 12.7. The highest BCUT2D eigenvalue weighted by Gasteiger charge is 2.10. The molecular formula is C9H17N5O3. The molecular weight excluding hydrogens is 226 g/mol. The number of ether oxygens (including phenoxy) is 3. The minimum absolute atomic E-state index is 0.131. The van der Waals surface area contributed by atoms with Crippen molar-refractivity contribution in [3.63, 3.8) is 0 Å². The molecule has 8 heteroatoms. The first-order valence-electron chi connectivity index (χ1n) is 5.20. The fourth-order valence-corrected chi connectivity index (χ4v) is 1.04. The van der Waals surface area contributed by atoms with Gasteiger partial charge >= 0.3 is 12.0 Å². The summed E-state index contributed by atoms with van der Waals surface area (Å²) in [5, 5.41) is 0. The second-order valence-electron chi connectivity index (χ2n) is 3.16. The van der Waals surface area contributed by atoms with Crippen molar-refractivity contribution < 1.29 is 14.2 Å². The van der Waals surface area contributed by atoms with Crippen LogP contribution in [0.15, 0.2) is 0 Å². The molecule has 1 atom stereocenters. The van der Waals surface area contributed by atoms with Gasteiger partial charge in [0.25, 0.3) is 0 Å². The molecule has 0 spiro atoms. The molecule has 0 fully saturated rings. The first kappa shape index (κ1) is 13.4. The predicted molar refractivity (Wildman–Crippen MR) is 60.8 cm³/mol. The Morgan fingerprint density at radius 1 is 1.29 bits per heavy atom. The van der Waals surface area contributed by atoms with E-state index in [2.05, 4.69) is 20.4 Å². The highest BCUT2D eigenvalue weighted by atomic mass is 16.5. The van der Waals surface area contributed by atoms with Crippen molar-refractivity contribution in [2.75, 3.05) is 25.7 Å². The first-order chi connectivity index (χ1) is 8.19. The topological polar surface area (TPSA) is 104 Å². The quantitative estimate of drug-likeness (QED) is 0.508. The number of aromatic nitrogens is 3. The van der Waals surface area contributed by atoms with Crippen LogP contribution in [-0.2, 0) is 4.74 Å². The summed E-state index contributed by atoms with van der Waals surface area (Å²) in [7, 11) is 1.45. The van der Waals surface area contributed by atoms with Crippen LogP contribution in [0.5, 0.6) is 12.0 Å². The van der Waals surface area contributed by atoms with E-state index in [4.69, 9.17) is 20.1 Å². The number of methoxy groups -OCH3 is 1. The normalized spacial score (nSPS) is 12.0. The molecule has 0 bridgehead atoms. The first-order valence-corrected chi connectivity index (χ1v) is 5.20. The summed E-state index contributed by atoms with van der Waals surface area (Å²) in [5.74, 6) is 5.39. The molecule has 8 nitrogen and oxygen atoms in total. The molecule has 0 aromatic carbocycles. The molecule has 3 N–H and O–H groups in total. The van der Waals surface area contributed by atoms with Gasteiger partial charge in [-0.1, -0.05) is 0 Å². The number of hydrogen-bond donors (Lipinski definition) is 2. The number of hydrazine groups is 1. The maximum absolute atomic E-state index is 5.44. The summed E-state index contributed by atoms with van der Waals surface area (Å²) in [6.45, 7) is 4.84. The van der Waals surface area contributed by atoms with E-state index < -0.39 is 0 Å². The van der Waals surface area contributed by atoms with E-state index in [1.165, 1.54) is 7.11 Å². The highest BCUT2D eigenvalue weighted by molar-refractivity contribution is 5.25. The van der Waals surface area contributed by atoms with Gasteiger partial charge in [0.1, 0.15) is 6.10 Å². The van der Waals surface area contributed by atoms with Crippen molar-refractivity contribution in [3.8, 4) is 12.0 Å². The van der Waals surface area contributed by atoms with Crippen LogP contribution < -0.4 is 20.7 Å². The lowest BCUT2D eigenvalue weighted by atomic mass is 10.4. The van der Waals surface area contributed by atoms with E-state index in [0.29, 0.717) is 13.2 Å². The maximum Gasteiger partial charge on any atom is 0.324 e. The molecule has 1 aromatic heterocycles.